The highest BCUT2D eigenvalue weighted by Gasteiger charge is 2.30. The lowest BCUT2D eigenvalue weighted by atomic mass is 10.2. The van der Waals surface area contributed by atoms with Crippen LogP contribution in [-0.4, -0.2) is 48.4 Å². The predicted molar refractivity (Wildman–Crippen MR) is 119 cm³/mol. The van der Waals surface area contributed by atoms with Gasteiger partial charge in [-0.15, -0.1) is 0 Å². The SMILES string of the molecule is CCCn1c(NC(=O)c2ccc(OC)c(S(=O)(=O)N3CCCC3)c2)nc2ccccc21. The fourth-order valence-corrected chi connectivity index (χ4v) is 5.58. The summed E-state index contributed by atoms with van der Waals surface area (Å²) in [4.78, 5) is 17.6. The summed E-state index contributed by atoms with van der Waals surface area (Å²) in [6.45, 7) is 3.71. The van der Waals surface area contributed by atoms with E-state index in [2.05, 4.69) is 17.2 Å². The number of hydrogen-bond donors (Lipinski definition) is 1. The number of methoxy groups -OCH3 is 1. The molecule has 4 rings (SSSR count). The number of para-hydroxylation sites is 2. The molecule has 8 nitrogen and oxygen atoms in total. The van der Waals surface area contributed by atoms with Crippen molar-refractivity contribution in [3.05, 3.63) is 48.0 Å². The first-order valence-corrected chi connectivity index (χ1v) is 11.8. The second-order valence-electron chi connectivity index (χ2n) is 7.51. The van der Waals surface area contributed by atoms with Crippen molar-refractivity contribution in [2.24, 2.45) is 0 Å². The molecule has 1 amide bonds. The lowest BCUT2D eigenvalue weighted by Crippen LogP contribution is -2.28. The number of nitrogens with zero attached hydrogens (tertiary/aromatic N) is 3. The second kappa shape index (κ2) is 8.68. The smallest absolute Gasteiger partial charge is 0.258 e. The van der Waals surface area contributed by atoms with Crippen LogP contribution in [0.1, 0.15) is 36.5 Å². The topological polar surface area (TPSA) is 93.5 Å². The van der Waals surface area contributed by atoms with Crippen molar-refractivity contribution in [3.63, 3.8) is 0 Å². The summed E-state index contributed by atoms with van der Waals surface area (Å²) in [7, 11) is -2.32. The molecule has 1 fully saturated rings. The molecule has 2 heterocycles. The molecule has 0 radical (unpaired) electrons. The molecule has 1 saturated heterocycles. The Bertz CT molecular complexity index is 1210. The van der Waals surface area contributed by atoms with Gasteiger partial charge < -0.3 is 9.30 Å². The highest BCUT2D eigenvalue weighted by Crippen LogP contribution is 2.30. The Labute approximate surface area is 181 Å². The van der Waals surface area contributed by atoms with Crippen LogP contribution in [0.2, 0.25) is 0 Å². The zero-order valence-electron chi connectivity index (χ0n) is 17.7. The monoisotopic (exact) mass is 442 g/mol. The van der Waals surface area contributed by atoms with Gasteiger partial charge in [0.15, 0.2) is 0 Å². The molecule has 1 aliphatic heterocycles. The Balaban J connectivity index is 1.68. The van der Waals surface area contributed by atoms with Gasteiger partial charge in [0.2, 0.25) is 16.0 Å². The Morgan fingerprint density at radius 3 is 2.61 bits per heavy atom. The molecule has 0 saturated carbocycles. The Kier molecular flexibility index (Phi) is 5.97. The number of ether oxygens (including phenoxy) is 1. The number of imidazole rings is 1. The van der Waals surface area contributed by atoms with E-state index < -0.39 is 15.9 Å². The molecule has 9 heteroatoms. The number of nitrogens with one attached hydrogen (secondary N) is 1. The highest BCUT2D eigenvalue weighted by molar-refractivity contribution is 7.89. The third-order valence-electron chi connectivity index (χ3n) is 5.44. The minimum absolute atomic E-state index is 0.00612. The number of fused-ring (bicyclic) bond motifs is 1. The first-order valence-electron chi connectivity index (χ1n) is 10.4. The number of rotatable bonds is 7. The molecule has 3 aromatic rings. The number of aromatic nitrogens is 2. The lowest BCUT2D eigenvalue weighted by Gasteiger charge is -2.18. The number of sulfonamides is 1. The Morgan fingerprint density at radius 2 is 1.90 bits per heavy atom. The minimum atomic E-state index is -3.74. The number of carbonyl (C=O) groups is 1. The van der Waals surface area contributed by atoms with Gasteiger partial charge in [0, 0.05) is 25.2 Å². The van der Waals surface area contributed by atoms with Crippen molar-refractivity contribution in [1.29, 1.82) is 0 Å². The Hall–Kier alpha value is -2.91. The van der Waals surface area contributed by atoms with Crippen molar-refractivity contribution in [1.82, 2.24) is 13.9 Å². The summed E-state index contributed by atoms with van der Waals surface area (Å²) in [5, 5.41) is 2.85. The van der Waals surface area contributed by atoms with E-state index in [0.29, 0.717) is 25.6 Å². The average Bonchev–Trinajstić information content (AvgIpc) is 3.43. The maximum Gasteiger partial charge on any atom is 0.258 e. The van der Waals surface area contributed by atoms with E-state index in [-0.39, 0.29) is 16.2 Å². The quantitative estimate of drug-likeness (QED) is 0.605. The van der Waals surface area contributed by atoms with E-state index in [0.717, 1.165) is 30.3 Å². The van der Waals surface area contributed by atoms with Gasteiger partial charge in [0.1, 0.15) is 10.6 Å². The average molecular weight is 443 g/mol. The van der Waals surface area contributed by atoms with Crippen molar-refractivity contribution in [2.45, 2.75) is 37.6 Å². The number of anilines is 1. The first kappa shape index (κ1) is 21.3. The fourth-order valence-electron chi connectivity index (χ4n) is 3.88. The Morgan fingerprint density at radius 1 is 1.16 bits per heavy atom. The van der Waals surface area contributed by atoms with Crippen molar-refractivity contribution in [3.8, 4) is 5.75 Å². The van der Waals surface area contributed by atoms with E-state index in [4.69, 9.17) is 4.74 Å². The van der Waals surface area contributed by atoms with Crippen LogP contribution < -0.4 is 10.1 Å². The van der Waals surface area contributed by atoms with Gasteiger partial charge in [-0.1, -0.05) is 19.1 Å². The van der Waals surface area contributed by atoms with Crippen molar-refractivity contribution >= 4 is 32.9 Å². The minimum Gasteiger partial charge on any atom is -0.495 e. The van der Waals surface area contributed by atoms with E-state index in [1.54, 1.807) is 6.07 Å². The van der Waals surface area contributed by atoms with Crippen LogP contribution >= 0.6 is 0 Å². The molecular formula is C22H26N4O4S. The van der Waals surface area contributed by atoms with Crippen molar-refractivity contribution in [2.75, 3.05) is 25.5 Å². The molecule has 1 N–H and O–H groups in total. The van der Waals surface area contributed by atoms with E-state index in [1.165, 1.54) is 23.5 Å². The van der Waals surface area contributed by atoms with E-state index >= 15 is 0 Å². The third kappa shape index (κ3) is 4.03. The number of carbonyl (C=O) groups excluding carboxylic acids is 1. The maximum atomic E-state index is 13.1. The maximum absolute atomic E-state index is 13.1. The standard InChI is InChI=1S/C22H26N4O4S/c1-3-12-26-18-9-5-4-8-17(18)23-22(26)24-21(27)16-10-11-19(30-2)20(15-16)31(28,29)25-13-6-7-14-25/h4-5,8-11,15H,3,6-7,12-14H2,1-2H3,(H,23,24,27). The van der Waals surface area contributed by atoms with Gasteiger partial charge in [-0.05, 0) is 49.6 Å². The van der Waals surface area contributed by atoms with Gasteiger partial charge >= 0.3 is 0 Å². The lowest BCUT2D eigenvalue weighted by molar-refractivity contribution is 0.102. The molecule has 0 aliphatic carbocycles. The third-order valence-corrected chi connectivity index (χ3v) is 7.36. The van der Waals surface area contributed by atoms with Crippen LogP contribution in [0.5, 0.6) is 5.75 Å². The summed E-state index contributed by atoms with van der Waals surface area (Å²) in [5.74, 6) is 0.239. The molecule has 1 aromatic heterocycles. The normalized spacial score (nSPS) is 14.8. The molecule has 164 valence electrons. The number of aryl methyl sites for hydroxylation is 1. The summed E-state index contributed by atoms with van der Waals surface area (Å²) in [6, 6.07) is 12.1. The molecule has 0 unspecified atom stereocenters. The first-order chi connectivity index (χ1) is 15.0. The largest absolute Gasteiger partial charge is 0.495 e. The van der Waals surface area contributed by atoms with Crippen LogP contribution in [0, 0.1) is 0 Å². The van der Waals surface area contributed by atoms with E-state index in [1.807, 2.05) is 28.8 Å². The highest BCUT2D eigenvalue weighted by atomic mass is 32.2. The van der Waals surface area contributed by atoms with Gasteiger partial charge in [-0.3, -0.25) is 10.1 Å². The second-order valence-corrected chi connectivity index (χ2v) is 9.41. The van der Waals surface area contributed by atoms with Gasteiger partial charge in [-0.25, -0.2) is 13.4 Å². The van der Waals surface area contributed by atoms with Gasteiger partial charge in [0.25, 0.3) is 5.91 Å². The summed E-state index contributed by atoms with van der Waals surface area (Å²) in [5.41, 5.74) is 1.96. The van der Waals surface area contributed by atoms with Crippen LogP contribution in [0.25, 0.3) is 11.0 Å². The van der Waals surface area contributed by atoms with Crippen LogP contribution in [0.15, 0.2) is 47.4 Å². The number of benzene rings is 2. The van der Waals surface area contributed by atoms with Crippen LogP contribution in [0.3, 0.4) is 0 Å². The fraction of sp³-hybridized carbons (Fsp3) is 0.364. The molecule has 1 aliphatic rings. The molecule has 0 bridgehead atoms. The predicted octanol–water partition coefficient (Wildman–Crippen LogP) is 3.49. The number of amides is 1. The van der Waals surface area contributed by atoms with E-state index in [9.17, 15) is 13.2 Å². The van der Waals surface area contributed by atoms with Gasteiger partial charge in [0.05, 0.1) is 18.1 Å². The summed E-state index contributed by atoms with van der Waals surface area (Å²) >= 11 is 0. The van der Waals surface area contributed by atoms with Gasteiger partial charge in [-0.2, -0.15) is 4.31 Å². The zero-order valence-corrected chi connectivity index (χ0v) is 18.5. The number of hydrogen-bond acceptors (Lipinski definition) is 5. The van der Waals surface area contributed by atoms with Crippen LogP contribution in [-0.2, 0) is 16.6 Å². The summed E-state index contributed by atoms with van der Waals surface area (Å²) in [6.07, 6.45) is 2.54. The zero-order chi connectivity index (χ0) is 22.0. The molecule has 0 atom stereocenters. The molecule has 31 heavy (non-hydrogen) atoms. The molecule has 0 spiro atoms. The van der Waals surface area contributed by atoms with Crippen molar-refractivity contribution < 1.29 is 17.9 Å². The molecule has 2 aromatic carbocycles. The summed E-state index contributed by atoms with van der Waals surface area (Å²) < 4.78 is 34.9. The van der Waals surface area contributed by atoms with Crippen LogP contribution in [0.4, 0.5) is 5.95 Å². The molecular weight excluding hydrogens is 416 g/mol.